The van der Waals surface area contributed by atoms with Crippen molar-refractivity contribution in [2.24, 2.45) is 0 Å². The van der Waals surface area contributed by atoms with Crippen LogP contribution in [0.1, 0.15) is 35.2 Å². The van der Waals surface area contributed by atoms with Crippen molar-refractivity contribution in [1.82, 2.24) is 20.4 Å². The Morgan fingerprint density at radius 2 is 1.78 bits per heavy atom. The molecule has 2 heterocycles. The highest BCUT2D eigenvalue weighted by molar-refractivity contribution is 6.34. The minimum Gasteiger partial charge on any atom is -0.365 e. The van der Waals surface area contributed by atoms with Crippen molar-refractivity contribution in [1.29, 1.82) is 0 Å². The van der Waals surface area contributed by atoms with E-state index in [2.05, 4.69) is 15.5 Å². The maximum absolute atomic E-state index is 13.3. The number of nitrogens with zero attached hydrogens (tertiary/aromatic N) is 2. The van der Waals surface area contributed by atoms with Crippen LogP contribution >= 0.6 is 23.2 Å². The van der Waals surface area contributed by atoms with Gasteiger partial charge >= 0.3 is 0 Å². The number of amides is 3. The van der Waals surface area contributed by atoms with Crippen LogP contribution in [-0.2, 0) is 16.1 Å². The fourth-order valence-corrected chi connectivity index (χ4v) is 5.31. The van der Waals surface area contributed by atoms with Crippen molar-refractivity contribution in [2.75, 3.05) is 13.6 Å². The smallest absolute Gasteiger partial charge is 0.252 e. The first-order valence-electron chi connectivity index (χ1n) is 11.8. The van der Waals surface area contributed by atoms with Crippen molar-refractivity contribution >= 4 is 40.9 Å². The second-order valence-corrected chi connectivity index (χ2v) is 10.3. The summed E-state index contributed by atoms with van der Waals surface area (Å²) in [6, 6.07) is 13.5. The van der Waals surface area contributed by atoms with Gasteiger partial charge in [-0.1, -0.05) is 47.5 Å². The van der Waals surface area contributed by atoms with Crippen LogP contribution in [0.2, 0.25) is 10.0 Å². The normalized spacial score (nSPS) is 20.2. The predicted octanol–water partition coefficient (Wildman–Crippen LogP) is 3.89. The molecule has 3 aliphatic rings. The predicted molar refractivity (Wildman–Crippen MR) is 138 cm³/mol. The molecular weight excluding hydrogens is 499 g/mol. The summed E-state index contributed by atoms with van der Waals surface area (Å²) < 4.78 is 0. The van der Waals surface area contributed by atoms with Crippen LogP contribution in [0.15, 0.2) is 72.1 Å². The lowest BCUT2D eigenvalue weighted by molar-refractivity contribution is -0.135. The summed E-state index contributed by atoms with van der Waals surface area (Å²) in [4.78, 5) is 42.8. The molecule has 1 saturated carbocycles. The molecule has 1 atom stereocenters. The van der Waals surface area contributed by atoms with Crippen LogP contribution in [-0.4, -0.2) is 52.7 Å². The molecular formula is C27H26Cl2N4O3. The molecule has 0 unspecified atom stereocenters. The van der Waals surface area contributed by atoms with E-state index < -0.39 is 11.6 Å². The monoisotopic (exact) mass is 524 g/mol. The average molecular weight is 525 g/mol. The van der Waals surface area contributed by atoms with Gasteiger partial charge in [-0.2, -0.15) is 0 Å². The SMILES string of the molecule is CN1C(=O)[C@H](NC(=O)C2(NC(=O)c3ccccc3)CC2)CC2=C1C=CCN2Cc1cc(Cl)cc(Cl)c1. The molecule has 2 N–H and O–H groups in total. The lowest BCUT2D eigenvalue weighted by atomic mass is 9.98. The van der Waals surface area contributed by atoms with Crippen molar-refractivity contribution in [3.63, 3.8) is 0 Å². The molecule has 7 nitrogen and oxygen atoms in total. The van der Waals surface area contributed by atoms with E-state index in [-0.39, 0.29) is 17.7 Å². The van der Waals surface area contributed by atoms with Gasteiger partial charge in [-0.3, -0.25) is 14.4 Å². The topological polar surface area (TPSA) is 81.8 Å². The zero-order valence-corrected chi connectivity index (χ0v) is 21.3. The fraction of sp³-hybridized carbons (Fsp3) is 0.296. The van der Waals surface area contributed by atoms with Crippen molar-refractivity contribution in [3.8, 4) is 0 Å². The Bertz CT molecular complexity index is 1270. The lowest BCUT2D eigenvalue weighted by Crippen LogP contribution is -2.57. The molecule has 0 spiro atoms. The molecule has 5 rings (SSSR count). The summed E-state index contributed by atoms with van der Waals surface area (Å²) in [7, 11) is 1.71. The Kier molecular flexibility index (Phi) is 6.53. The molecule has 1 aliphatic carbocycles. The first-order chi connectivity index (χ1) is 17.3. The van der Waals surface area contributed by atoms with Gasteiger partial charge in [0.1, 0.15) is 11.6 Å². The third kappa shape index (κ3) is 4.86. The Hall–Kier alpha value is -3.29. The van der Waals surface area contributed by atoms with Gasteiger partial charge in [0.15, 0.2) is 0 Å². The summed E-state index contributed by atoms with van der Waals surface area (Å²) in [6.07, 6.45) is 5.37. The van der Waals surface area contributed by atoms with Crippen LogP contribution in [0.25, 0.3) is 0 Å². The van der Waals surface area contributed by atoms with E-state index in [9.17, 15) is 14.4 Å². The van der Waals surface area contributed by atoms with Crippen LogP contribution in [0, 0.1) is 0 Å². The summed E-state index contributed by atoms with van der Waals surface area (Å²) >= 11 is 12.4. The fourth-order valence-electron chi connectivity index (χ4n) is 4.74. The highest BCUT2D eigenvalue weighted by Gasteiger charge is 2.52. The molecule has 2 aromatic rings. The van der Waals surface area contributed by atoms with Crippen LogP contribution in [0.4, 0.5) is 0 Å². The first kappa shape index (κ1) is 24.4. The molecule has 2 aromatic carbocycles. The van der Waals surface area contributed by atoms with Gasteiger partial charge < -0.3 is 20.4 Å². The minimum atomic E-state index is -0.982. The van der Waals surface area contributed by atoms with E-state index >= 15 is 0 Å². The number of carbonyl (C=O) groups is 3. The number of halogens is 2. The Labute approximate surface area is 219 Å². The van der Waals surface area contributed by atoms with Crippen LogP contribution in [0.3, 0.4) is 0 Å². The van der Waals surface area contributed by atoms with E-state index in [4.69, 9.17) is 23.2 Å². The van der Waals surface area contributed by atoms with E-state index in [0.717, 1.165) is 17.0 Å². The summed E-state index contributed by atoms with van der Waals surface area (Å²) in [5.74, 6) is -0.823. The van der Waals surface area contributed by atoms with E-state index in [1.165, 1.54) is 0 Å². The van der Waals surface area contributed by atoms with Crippen LogP contribution in [0.5, 0.6) is 0 Å². The van der Waals surface area contributed by atoms with Gasteiger partial charge in [0, 0.05) is 47.9 Å². The zero-order chi connectivity index (χ0) is 25.4. The largest absolute Gasteiger partial charge is 0.365 e. The van der Waals surface area contributed by atoms with Gasteiger partial charge in [-0.15, -0.1) is 0 Å². The molecule has 0 radical (unpaired) electrons. The maximum Gasteiger partial charge on any atom is 0.252 e. The second-order valence-electron chi connectivity index (χ2n) is 9.42. The number of nitrogens with one attached hydrogen (secondary N) is 2. The molecule has 1 fully saturated rings. The molecule has 36 heavy (non-hydrogen) atoms. The van der Waals surface area contributed by atoms with E-state index in [1.807, 2.05) is 30.4 Å². The number of likely N-dealkylation sites (N-methyl/N-ethyl adjacent to an activating group) is 1. The summed E-state index contributed by atoms with van der Waals surface area (Å²) in [5.41, 5.74) is 2.23. The molecule has 3 amide bonds. The van der Waals surface area contributed by atoms with E-state index in [1.54, 1.807) is 42.3 Å². The number of hydrogen-bond acceptors (Lipinski definition) is 4. The Morgan fingerprint density at radius 1 is 1.08 bits per heavy atom. The number of rotatable bonds is 6. The van der Waals surface area contributed by atoms with Crippen molar-refractivity contribution < 1.29 is 14.4 Å². The molecule has 0 aromatic heterocycles. The number of allylic oxidation sites excluding steroid dienone is 1. The van der Waals surface area contributed by atoms with Gasteiger partial charge in [-0.25, -0.2) is 0 Å². The molecule has 2 aliphatic heterocycles. The first-order valence-corrected chi connectivity index (χ1v) is 12.6. The third-order valence-corrected chi connectivity index (χ3v) is 7.28. The summed E-state index contributed by atoms with van der Waals surface area (Å²) in [6.45, 7) is 1.21. The van der Waals surface area contributed by atoms with Crippen molar-refractivity contribution in [3.05, 3.63) is 93.2 Å². The molecule has 0 saturated heterocycles. The standard InChI is InChI=1S/C27H26Cl2N4O3/c1-32-22-8-5-11-33(16-17-12-19(28)14-20(29)13-17)23(22)15-21(25(32)35)30-26(36)27(9-10-27)31-24(34)18-6-3-2-4-7-18/h2-8,12-14,21H,9-11,15-16H2,1H3,(H,30,36)(H,31,34)/t21-/m1/s1. The quantitative estimate of drug-likeness (QED) is 0.600. The average Bonchev–Trinajstić information content (AvgIpc) is 3.63. The zero-order valence-electron chi connectivity index (χ0n) is 19.8. The van der Waals surface area contributed by atoms with Gasteiger partial charge in [-0.05, 0) is 54.8 Å². The maximum atomic E-state index is 13.3. The molecule has 9 heteroatoms. The minimum absolute atomic E-state index is 0.190. The highest BCUT2D eigenvalue weighted by atomic mass is 35.5. The van der Waals surface area contributed by atoms with Gasteiger partial charge in [0.05, 0.1) is 5.70 Å². The van der Waals surface area contributed by atoms with Gasteiger partial charge in [0.25, 0.3) is 5.91 Å². The number of carbonyl (C=O) groups excluding carboxylic acids is 3. The number of benzene rings is 2. The highest BCUT2D eigenvalue weighted by Crippen LogP contribution is 2.37. The Balaban J connectivity index is 1.31. The molecule has 186 valence electrons. The van der Waals surface area contributed by atoms with Crippen LogP contribution < -0.4 is 10.6 Å². The lowest BCUT2D eigenvalue weighted by Gasteiger charge is -2.40. The van der Waals surface area contributed by atoms with E-state index in [0.29, 0.717) is 48.0 Å². The molecule has 0 bridgehead atoms. The third-order valence-electron chi connectivity index (χ3n) is 6.84. The number of hydrogen-bond donors (Lipinski definition) is 2. The van der Waals surface area contributed by atoms with Gasteiger partial charge in [0.2, 0.25) is 11.8 Å². The second kappa shape index (κ2) is 9.64. The Morgan fingerprint density at radius 3 is 2.44 bits per heavy atom. The summed E-state index contributed by atoms with van der Waals surface area (Å²) in [5, 5.41) is 6.92. The van der Waals surface area contributed by atoms with Crippen molar-refractivity contribution in [2.45, 2.75) is 37.4 Å².